The molecule has 0 N–H and O–H groups in total. The summed E-state index contributed by atoms with van der Waals surface area (Å²) in [4.78, 5) is 0. The van der Waals surface area contributed by atoms with Gasteiger partial charge in [0.1, 0.15) is 11.6 Å². The first-order valence-electron chi connectivity index (χ1n) is 7.03. The number of hydrogen-bond donors (Lipinski definition) is 0. The minimum Gasteiger partial charge on any atom is -0.429 e. The number of hydrogen-bond acceptors (Lipinski definition) is 1. The lowest BCUT2D eigenvalue weighted by Crippen LogP contribution is -2.21. The molecule has 0 aliphatic heterocycles. The lowest BCUT2D eigenvalue weighted by Gasteiger charge is -2.18. The number of para-hydroxylation sites is 1. The molecule has 0 radical (unpaired) electrons. The topological polar surface area (TPSA) is 9.23 Å². The minimum atomic E-state index is -3.46. The molecule has 0 bridgehead atoms. The van der Waals surface area contributed by atoms with E-state index in [9.17, 15) is 13.2 Å². The molecular formula is C19H13F3O. The van der Waals surface area contributed by atoms with E-state index in [0.717, 1.165) is 0 Å². The second kappa shape index (κ2) is 6.16. The zero-order valence-electron chi connectivity index (χ0n) is 12.0. The Labute approximate surface area is 132 Å². The fourth-order valence-electron chi connectivity index (χ4n) is 2.23. The molecule has 0 unspecified atom stereocenters. The lowest BCUT2D eigenvalue weighted by atomic mass is 10.0. The van der Waals surface area contributed by atoms with Gasteiger partial charge in [-0.25, -0.2) is 4.39 Å². The molecule has 0 aliphatic carbocycles. The van der Waals surface area contributed by atoms with E-state index in [0.29, 0.717) is 11.1 Å². The molecule has 0 amide bonds. The molecule has 0 heterocycles. The molecule has 116 valence electrons. The van der Waals surface area contributed by atoms with E-state index in [-0.39, 0.29) is 11.3 Å². The van der Waals surface area contributed by atoms with E-state index in [1.165, 1.54) is 42.5 Å². The van der Waals surface area contributed by atoms with Crippen LogP contribution >= 0.6 is 0 Å². The zero-order valence-corrected chi connectivity index (χ0v) is 12.0. The fourth-order valence-corrected chi connectivity index (χ4v) is 2.23. The van der Waals surface area contributed by atoms with Crippen molar-refractivity contribution in [2.75, 3.05) is 0 Å². The first-order valence-corrected chi connectivity index (χ1v) is 7.03. The molecule has 1 nitrogen and oxygen atoms in total. The normalized spacial score (nSPS) is 11.3. The molecule has 0 aliphatic rings. The summed E-state index contributed by atoms with van der Waals surface area (Å²) in [5.41, 5.74) is 0.607. The first kappa shape index (κ1) is 15.2. The Morgan fingerprint density at radius 3 is 1.96 bits per heavy atom. The van der Waals surface area contributed by atoms with Gasteiger partial charge in [0.25, 0.3) is 0 Å². The van der Waals surface area contributed by atoms with Crippen LogP contribution in [0.3, 0.4) is 0 Å². The summed E-state index contributed by atoms with van der Waals surface area (Å²) in [5, 5.41) is 0. The average molecular weight is 314 g/mol. The Hall–Kier alpha value is -2.75. The van der Waals surface area contributed by atoms with Crippen molar-refractivity contribution in [1.82, 2.24) is 0 Å². The van der Waals surface area contributed by atoms with Gasteiger partial charge in [-0.15, -0.1) is 0 Å². The highest BCUT2D eigenvalue weighted by atomic mass is 19.3. The van der Waals surface area contributed by atoms with Crippen LogP contribution in [0.5, 0.6) is 5.75 Å². The van der Waals surface area contributed by atoms with E-state index in [1.54, 1.807) is 36.4 Å². The summed E-state index contributed by atoms with van der Waals surface area (Å²) in [5.74, 6) is -0.316. The average Bonchev–Trinajstić information content (AvgIpc) is 2.56. The van der Waals surface area contributed by atoms with Gasteiger partial charge in [-0.05, 0) is 35.9 Å². The fraction of sp³-hybridized carbons (Fsp3) is 0.0526. The quantitative estimate of drug-likeness (QED) is 0.607. The largest absolute Gasteiger partial charge is 0.429 e. The second-order valence-electron chi connectivity index (χ2n) is 4.99. The van der Waals surface area contributed by atoms with E-state index >= 15 is 0 Å². The summed E-state index contributed by atoms with van der Waals surface area (Å²) in [6.45, 7) is 0. The Bertz CT molecular complexity index is 783. The Balaban J connectivity index is 1.85. The molecule has 0 fully saturated rings. The smallest absolute Gasteiger partial charge is 0.426 e. The summed E-state index contributed by atoms with van der Waals surface area (Å²) in [7, 11) is 0. The molecule has 3 aromatic carbocycles. The molecule has 0 saturated carbocycles. The van der Waals surface area contributed by atoms with Crippen molar-refractivity contribution in [2.45, 2.75) is 6.11 Å². The van der Waals surface area contributed by atoms with Gasteiger partial charge in [-0.2, -0.15) is 8.78 Å². The van der Waals surface area contributed by atoms with Gasteiger partial charge in [0.05, 0.1) is 5.56 Å². The summed E-state index contributed by atoms with van der Waals surface area (Å²) in [6, 6.07) is 19.5. The van der Waals surface area contributed by atoms with Crippen molar-refractivity contribution in [3.05, 3.63) is 90.2 Å². The SMILES string of the molecule is Fc1ccccc1-c1ccc(C(F)(F)Oc2ccccc2)cc1. The van der Waals surface area contributed by atoms with Gasteiger partial charge < -0.3 is 4.74 Å². The monoisotopic (exact) mass is 314 g/mol. The van der Waals surface area contributed by atoms with Gasteiger partial charge in [-0.1, -0.05) is 48.5 Å². The van der Waals surface area contributed by atoms with Gasteiger partial charge in [0, 0.05) is 5.56 Å². The molecular weight excluding hydrogens is 301 g/mol. The number of benzene rings is 3. The second-order valence-corrected chi connectivity index (χ2v) is 4.99. The van der Waals surface area contributed by atoms with Crippen LogP contribution in [0.1, 0.15) is 5.56 Å². The summed E-state index contributed by atoms with van der Waals surface area (Å²) >= 11 is 0. The Morgan fingerprint density at radius 1 is 0.696 bits per heavy atom. The molecule has 3 rings (SSSR count). The number of halogens is 3. The molecule has 0 spiro atoms. The molecule has 23 heavy (non-hydrogen) atoms. The molecule has 0 saturated heterocycles. The third-order valence-electron chi connectivity index (χ3n) is 3.40. The van der Waals surface area contributed by atoms with Crippen LogP contribution in [-0.4, -0.2) is 0 Å². The Morgan fingerprint density at radius 2 is 1.30 bits per heavy atom. The van der Waals surface area contributed by atoms with Crippen molar-refractivity contribution in [1.29, 1.82) is 0 Å². The van der Waals surface area contributed by atoms with Crippen molar-refractivity contribution >= 4 is 0 Å². The molecule has 0 aromatic heterocycles. The van der Waals surface area contributed by atoms with E-state index in [2.05, 4.69) is 0 Å². The maximum Gasteiger partial charge on any atom is 0.426 e. The summed E-state index contributed by atoms with van der Waals surface area (Å²) in [6.07, 6.45) is -3.46. The van der Waals surface area contributed by atoms with Crippen molar-refractivity contribution in [3.8, 4) is 16.9 Å². The third-order valence-corrected chi connectivity index (χ3v) is 3.40. The Kier molecular flexibility index (Phi) is 4.06. The standard InChI is InChI=1S/C19H13F3O/c20-18-9-5-4-8-17(18)14-10-12-15(13-11-14)19(21,22)23-16-6-2-1-3-7-16/h1-13H. The van der Waals surface area contributed by atoms with E-state index in [4.69, 9.17) is 4.74 Å². The van der Waals surface area contributed by atoms with Gasteiger partial charge in [-0.3, -0.25) is 0 Å². The van der Waals surface area contributed by atoms with Crippen LogP contribution in [0.15, 0.2) is 78.9 Å². The third kappa shape index (κ3) is 3.37. The highest BCUT2D eigenvalue weighted by Crippen LogP contribution is 2.33. The van der Waals surface area contributed by atoms with E-state index in [1.807, 2.05) is 0 Å². The van der Waals surface area contributed by atoms with Crippen LogP contribution in [0.4, 0.5) is 13.2 Å². The highest BCUT2D eigenvalue weighted by Gasteiger charge is 2.34. The van der Waals surface area contributed by atoms with Crippen LogP contribution < -0.4 is 4.74 Å². The summed E-state index contributed by atoms with van der Waals surface area (Å²) < 4.78 is 46.8. The number of rotatable bonds is 4. The molecule has 4 heteroatoms. The predicted octanol–water partition coefficient (Wildman–Crippen LogP) is 5.62. The van der Waals surface area contributed by atoms with Crippen molar-refractivity contribution < 1.29 is 17.9 Å². The van der Waals surface area contributed by atoms with Gasteiger partial charge >= 0.3 is 6.11 Å². The maximum absolute atomic E-state index is 14.2. The zero-order chi connectivity index (χ0) is 16.3. The minimum absolute atomic E-state index is 0.0793. The predicted molar refractivity (Wildman–Crippen MR) is 82.8 cm³/mol. The number of alkyl halides is 2. The highest BCUT2D eigenvalue weighted by molar-refractivity contribution is 5.64. The van der Waals surface area contributed by atoms with Gasteiger partial charge in [0.15, 0.2) is 0 Å². The number of ether oxygens (including phenoxy) is 1. The van der Waals surface area contributed by atoms with Crippen LogP contribution in [-0.2, 0) is 6.11 Å². The van der Waals surface area contributed by atoms with Crippen LogP contribution in [0.25, 0.3) is 11.1 Å². The molecule has 3 aromatic rings. The molecule has 0 atom stereocenters. The van der Waals surface area contributed by atoms with Crippen LogP contribution in [0.2, 0.25) is 0 Å². The van der Waals surface area contributed by atoms with Crippen LogP contribution in [0, 0.1) is 5.82 Å². The maximum atomic E-state index is 14.2. The van der Waals surface area contributed by atoms with Gasteiger partial charge in [0.2, 0.25) is 0 Å². The lowest BCUT2D eigenvalue weighted by molar-refractivity contribution is -0.185. The van der Waals surface area contributed by atoms with Crippen molar-refractivity contribution in [2.24, 2.45) is 0 Å². The van der Waals surface area contributed by atoms with E-state index < -0.39 is 11.9 Å². The first-order chi connectivity index (χ1) is 11.1. The van der Waals surface area contributed by atoms with Crippen molar-refractivity contribution in [3.63, 3.8) is 0 Å².